The lowest BCUT2D eigenvalue weighted by Gasteiger charge is -2.23. The van der Waals surface area contributed by atoms with Crippen LogP contribution in [0.2, 0.25) is 0 Å². The highest BCUT2D eigenvalue weighted by molar-refractivity contribution is 5.94. The Labute approximate surface area is 121 Å². The van der Waals surface area contributed by atoms with E-state index in [0.29, 0.717) is 11.6 Å². The molecule has 2 rings (SSSR count). The number of carbonyl (C=O) groups is 1. The van der Waals surface area contributed by atoms with Gasteiger partial charge in [-0.15, -0.1) is 0 Å². The summed E-state index contributed by atoms with van der Waals surface area (Å²) in [5.74, 6) is 0.825. The van der Waals surface area contributed by atoms with Gasteiger partial charge < -0.3 is 10.1 Å². The van der Waals surface area contributed by atoms with Crippen LogP contribution in [0.5, 0.6) is 5.75 Å². The minimum atomic E-state index is -0.216. The first-order valence-corrected chi connectivity index (χ1v) is 7.54. The first kappa shape index (κ1) is 14.9. The van der Waals surface area contributed by atoms with Crippen molar-refractivity contribution in [1.29, 1.82) is 0 Å². The minimum absolute atomic E-state index is 0.0270. The SMILES string of the molecule is CC(C)(C)Oc1ccc(C(=O)NC2CCCCC2)cc1. The van der Waals surface area contributed by atoms with Crippen LogP contribution >= 0.6 is 0 Å². The molecule has 3 nitrogen and oxygen atoms in total. The molecule has 1 amide bonds. The summed E-state index contributed by atoms with van der Waals surface area (Å²) in [4.78, 5) is 12.2. The number of hydrogen-bond donors (Lipinski definition) is 1. The zero-order chi connectivity index (χ0) is 14.6. The van der Waals surface area contributed by atoms with Gasteiger partial charge in [0, 0.05) is 11.6 Å². The fraction of sp³-hybridized carbons (Fsp3) is 0.588. The summed E-state index contributed by atoms with van der Waals surface area (Å²) in [6.07, 6.45) is 5.96. The second-order valence-electron chi connectivity index (χ2n) is 6.55. The Morgan fingerprint density at radius 1 is 1.10 bits per heavy atom. The van der Waals surface area contributed by atoms with Crippen molar-refractivity contribution in [3.8, 4) is 5.75 Å². The number of ether oxygens (including phenoxy) is 1. The van der Waals surface area contributed by atoms with Gasteiger partial charge in [-0.05, 0) is 57.9 Å². The fourth-order valence-electron chi connectivity index (χ4n) is 2.54. The zero-order valence-corrected chi connectivity index (χ0v) is 12.7. The Morgan fingerprint density at radius 2 is 1.70 bits per heavy atom. The molecule has 1 aromatic carbocycles. The highest BCUT2D eigenvalue weighted by Gasteiger charge is 2.17. The molecule has 0 heterocycles. The number of rotatable bonds is 3. The predicted octanol–water partition coefficient (Wildman–Crippen LogP) is 3.93. The normalized spacial score (nSPS) is 16.8. The van der Waals surface area contributed by atoms with Crippen molar-refractivity contribution < 1.29 is 9.53 Å². The molecule has 0 radical (unpaired) electrons. The number of nitrogens with one attached hydrogen (secondary N) is 1. The molecular formula is C17H25NO2. The van der Waals surface area contributed by atoms with E-state index in [-0.39, 0.29) is 11.5 Å². The Morgan fingerprint density at radius 3 is 2.25 bits per heavy atom. The van der Waals surface area contributed by atoms with E-state index in [1.807, 2.05) is 45.0 Å². The standard InChI is InChI=1S/C17H25NO2/c1-17(2,3)20-15-11-9-13(10-12-15)16(19)18-14-7-5-4-6-8-14/h9-12,14H,4-8H2,1-3H3,(H,18,19). The van der Waals surface area contributed by atoms with E-state index < -0.39 is 0 Å². The lowest BCUT2D eigenvalue weighted by molar-refractivity contribution is 0.0927. The third kappa shape index (κ3) is 4.55. The maximum atomic E-state index is 12.2. The number of hydrogen-bond acceptors (Lipinski definition) is 2. The van der Waals surface area contributed by atoms with Gasteiger partial charge in [0.05, 0.1) is 0 Å². The van der Waals surface area contributed by atoms with Gasteiger partial charge in [0.1, 0.15) is 11.4 Å². The lowest BCUT2D eigenvalue weighted by Crippen LogP contribution is -2.36. The maximum absolute atomic E-state index is 12.2. The van der Waals surface area contributed by atoms with Crippen LogP contribution in [0.3, 0.4) is 0 Å². The molecular weight excluding hydrogens is 250 g/mol. The van der Waals surface area contributed by atoms with Crippen LogP contribution in [0.4, 0.5) is 0 Å². The molecule has 1 N–H and O–H groups in total. The molecule has 110 valence electrons. The maximum Gasteiger partial charge on any atom is 0.251 e. The smallest absolute Gasteiger partial charge is 0.251 e. The molecule has 1 fully saturated rings. The van der Waals surface area contributed by atoms with Gasteiger partial charge in [-0.1, -0.05) is 19.3 Å². The summed E-state index contributed by atoms with van der Waals surface area (Å²) in [6, 6.07) is 7.74. The molecule has 0 spiro atoms. The topological polar surface area (TPSA) is 38.3 Å². The molecule has 3 heteroatoms. The van der Waals surface area contributed by atoms with Crippen LogP contribution in [-0.2, 0) is 0 Å². The average molecular weight is 275 g/mol. The second kappa shape index (κ2) is 6.29. The van der Waals surface area contributed by atoms with Gasteiger partial charge in [0.25, 0.3) is 5.91 Å². The van der Waals surface area contributed by atoms with Crippen LogP contribution in [0.25, 0.3) is 0 Å². The summed E-state index contributed by atoms with van der Waals surface area (Å²) in [7, 11) is 0. The summed E-state index contributed by atoms with van der Waals surface area (Å²) in [5.41, 5.74) is 0.489. The van der Waals surface area contributed by atoms with Gasteiger partial charge >= 0.3 is 0 Å². The van der Waals surface area contributed by atoms with Gasteiger partial charge in [0.15, 0.2) is 0 Å². The zero-order valence-electron chi connectivity index (χ0n) is 12.7. The molecule has 0 unspecified atom stereocenters. The van der Waals surface area contributed by atoms with Crippen molar-refractivity contribution in [3.05, 3.63) is 29.8 Å². The predicted molar refractivity (Wildman–Crippen MR) is 81.2 cm³/mol. The molecule has 0 aromatic heterocycles. The fourth-order valence-corrected chi connectivity index (χ4v) is 2.54. The van der Waals surface area contributed by atoms with Crippen molar-refractivity contribution in [2.24, 2.45) is 0 Å². The van der Waals surface area contributed by atoms with Gasteiger partial charge in [-0.25, -0.2) is 0 Å². The van der Waals surface area contributed by atoms with Crippen LogP contribution in [0, 0.1) is 0 Å². The Hall–Kier alpha value is -1.51. The van der Waals surface area contributed by atoms with Crippen LogP contribution in [0.1, 0.15) is 63.2 Å². The van der Waals surface area contributed by atoms with Crippen LogP contribution in [0.15, 0.2) is 24.3 Å². The van der Waals surface area contributed by atoms with E-state index in [9.17, 15) is 4.79 Å². The third-order valence-corrected chi connectivity index (χ3v) is 3.48. The van der Waals surface area contributed by atoms with Crippen LogP contribution in [-0.4, -0.2) is 17.6 Å². The molecule has 0 saturated heterocycles. The Balaban J connectivity index is 1.93. The summed E-state index contributed by atoms with van der Waals surface area (Å²) >= 11 is 0. The molecule has 1 aromatic rings. The van der Waals surface area contributed by atoms with Gasteiger partial charge in [-0.3, -0.25) is 4.79 Å². The van der Waals surface area contributed by atoms with Crippen molar-refractivity contribution in [3.63, 3.8) is 0 Å². The summed E-state index contributed by atoms with van der Waals surface area (Å²) in [5, 5.41) is 3.12. The first-order chi connectivity index (χ1) is 9.44. The number of carbonyl (C=O) groups excluding carboxylic acids is 1. The van der Waals surface area contributed by atoms with Crippen molar-refractivity contribution in [2.45, 2.75) is 64.5 Å². The van der Waals surface area contributed by atoms with E-state index in [1.54, 1.807) is 0 Å². The number of amides is 1. The molecule has 1 aliphatic carbocycles. The summed E-state index contributed by atoms with van der Waals surface area (Å²) < 4.78 is 5.75. The van der Waals surface area contributed by atoms with Crippen molar-refractivity contribution >= 4 is 5.91 Å². The van der Waals surface area contributed by atoms with E-state index in [1.165, 1.54) is 19.3 Å². The monoisotopic (exact) mass is 275 g/mol. The van der Waals surface area contributed by atoms with E-state index in [2.05, 4.69) is 5.32 Å². The van der Waals surface area contributed by atoms with Crippen molar-refractivity contribution in [2.75, 3.05) is 0 Å². The van der Waals surface area contributed by atoms with E-state index in [4.69, 9.17) is 4.74 Å². The Bertz CT molecular complexity index is 439. The molecule has 0 atom stereocenters. The third-order valence-electron chi connectivity index (χ3n) is 3.48. The van der Waals surface area contributed by atoms with Gasteiger partial charge in [-0.2, -0.15) is 0 Å². The van der Waals surface area contributed by atoms with E-state index >= 15 is 0 Å². The quantitative estimate of drug-likeness (QED) is 0.907. The van der Waals surface area contributed by atoms with E-state index in [0.717, 1.165) is 18.6 Å². The Kier molecular flexibility index (Phi) is 4.69. The highest BCUT2D eigenvalue weighted by atomic mass is 16.5. The molecule has 0 aliphatic heterocycles. The molecule has 1 aliphatic rings. The molecule has 0 bridgehead atoms. The van der Waals surface area contributed by atoms with Crippen molar-refractivity contribution in [1.82, 2.24) is 5.32 Å². The highest BCUT2D eigenvalue weighted by Crippen LogP contribution is 2.20. The average Bonchev–Trinajstić information content (AvgIpc) is 2.39. The van der Waals surface area contributed by atoms with Gasteiger partial charge in [0.2, 0.25) is 0 Å². The molecule has 1 saturated carbocycles. The molecule has 20 heavy (non-hydrogen) atoms. The second-order valence-corrected chi connectivity index (χ2v) is 6.55. The van der Waals surface area contributed by atoms with Crippen LogP contribution < -0.4 is 10.1 Å². The minimum Gasteiger partial charge on any atom is -0.488 e. The summed E-state index contributed by atoms with van der Waals surface area (Å²) in [6.45, 7) is 6.03. The lowest BCUT2D eigenvalue weighted by atomic mass is 9.95. The number of benzene rings is 1. The first-order valence-electron chi connectivity index (χ1n) is 7.54. The largest absolute Gasteiger partial charge is 0.488 e.